The number of hydrogen-bond acceptors (Lipinski definition) is 2. The quantitative estimate of drug-likeness (QED) is 0.852. The first-order valence-electron chi connectivity index (χ1n) is 4.10. The van der Waals surface area contributed by atoms with Crippen LogP contribution in [0.4, 0.5) is 0 Å². The van der Waals surface area contributed by atoms with Gasteiger partial charge in [-0.05, 0) is 28.9 Å². The summed E-state index contributed by atoms with van der Waals surface area (Å²) in [5.74, 6) is 1.06. The largest absolute Gasteiger partial charge is 0.330 e. The van der Waals surface area contributed by atoms with Crippen molar-refractivity contribution >= 4 is 15.9 Å². The number of halogens is 1. The van der Waals surface area contributed by atoms with Gasteiger partial charge in [-0.15, -0.1) is 0 Å². The van der Waals surface area contributed by atoms with E-state index in [0.29, 0.717) is 6.54 Å². The van der Waals surface area contributed by atoms with E-state index in [1.165, 1.54) is 0 Å². The smallest absolute Gasteiger partial charge is 0.110 e. The average Bonchev–Trinajstić information content (AvgIpc) is 2.33. The van der Waals surface area contributed by atoms with Gasteiger partial charge in [-0.25, -0.2) is 4.98 Å². The summed E-state index contributed by atoms with van der Waals surface area (Å²) >= 11 is 3.49. The zero-order chi connectivity index (χ0) is 9.14. The van der Waals surface area contributed by atoms with E-state index in [1.54, 1.807) is 0 Å². The third kappa shape index (κ3) is 1.69. The number of nitrogens with zero attached hydrogens (tertiary/aromatic N) is 2. The van der Waals surface area contributed by atoms with Crippen LogP contribution in [0.5, 0.6) is 0 Å². The minimum atomic E-state index is 0.653. The third-order valence-electron chi connectivity index (χ3n) is 1.89. The highest BCUT2D eigenvalue weighted by molar-refractivity contribution is 9.10. The maximum atomic E-state index is 5.46. The molecule has 1 aromatic heterocycles. The van der Waals surface area contributed by atoms with Crippen LogP contribution >= 0.6 is 15.9 Å². The van der Waals surface area contributed by atoms with Gasteiger partial charge in [-0.3, -0.25) is 0 Å². The van der Waals surface area contributed by atoms with Gasteiger partial charge in [0.05, 0.1) is 5.69 Å². The molecule has 1 aromatic rings. The minimum absolute atomic E-state index is 0.653. The van der Waals surface area contributed by atoms with Crippen molar-refractivity contribution in [2.24, 2.45) is 12.8 Å². The molecule has 3 nitrogen and oxygen atoms in total. The van der Waals surface area contributed by atoms with E-state index in [0.717, 1.165) is 29.0 Å². The molecule has 0 aliphatic rings. The highest BCUT2D eigenvalue weighted by Crippen LogP contribution is 2.17. The first-order chi connectivity index (χ1) is 5.70. The van der Waals surface area contributed by atoms with Crippen LogP contribution in [0.25, 0.3) is 0 Å². The van der Waals surface area contributed by atoms with Crippen LogP contribution in [-0.4, -0.2) is 16.1 Å². The van der Waals surface area contributed by atoms with Gasteiger partial charge in [0, 0.05) is 13.5 Å². The summed E-state index contributed by atoms with van der Waals surface area (Å²) in [6, 6.07) is 0. The third-order valence-corrected chi connectivity index (χ3v) is 2.88. The molecule has 0 fully saturated rings. The zero-order valence-corrected chi connectivity index (χ0v) is 9.06. The fourth-order valence-electron chi connectivity index (χ4n) is 1.16. The van der Waals surface area contributed by atoms with Crippen molar-refractivity contribution in [1.82, 2.24) is 9.55 Å². The van der Waals surface area contributed by atoms with Crippen LogP contribution in [0, 0.1) is 0 Å². The van der Waals surface area contributed by atoms with Gasteiger partial charge in [-0.1, -0.05) is 6.92 Å². The Balaban J connectivity index is 2.98. The molecular weight excluding hydrogens is 218 g/mol. The van der Waals surface area contributed by atoms with Gasteiger partial charge in [0.2, 0.25) is 0 Å². The Labute approximate surface area is 81.1 Å². The van der Waals surface area contributed by atoms with E-state index in [9.17, 15) is 0 Å². The second-order valence-corrected chi connectivity index (χ2v) is 3.47. The predicted octanol–water partition coefficient (Wildman–Crippen LogP) is 1.25. The van der Waals surface area contributed by atoms with Crippen molar-refractivity contribution in [1.29, 1.82) is 0 Å². The lowest BCUT2D eigenvalue weighted by atomic mass is 10.4. The van der Waals surface area contributed by atoms with Crippen molar-refractivity contribution in [3.05, 3.63) is 16.1 Å². The predicted molar refractivity (Wildman–Crippen MR) is 53.0 cm³/mol. The topological polar surface area (TPSA) is 43.8 Å². The van der Waals surface area contributed by atoms with Gasteiger partial charge >= 0.3 is 0 Å². The lowest BCUT2D eigenvalue weighted by Crippen LogP contribution is -2.07. The molecule has 0 spiro atoms. The Kier molecular flexibility index (Phi) is 3.29. The van der Waals surface area contributed by atoms with E-state index < -0.39 is 0 Å². The Morgan fingerprint density at radius 1 is 1.58 bits per heavy atom. The molecule has 0 unspecified atom stereocenters. The monoisotopic (exact) mass is 231 g/mol. The van der Waals surface area contributed by atoms with Crippen LogP contribution < -0.4 is 5.73 Å². The molecule has 0 saturated heterocycles. The van der Waals surface area contributed by atoms with Gasteiger partial charge < -0.3 is 10.3 Å². The average molecular weight is 232 g/mol. The van der Waals surface area contributed by atoms with Crippen molar-refractivity contribution in [2.75, 3.05) is 6.54 Å². The number of hydrogen-bond donors (Lipinski definition) is 1. The Bertz CT molecular complexity index is 268. The Morgan fingerprint density at radius 2 is 2.25 bits per heavy atom. The van der Waals surface area contributed by atoms with Gasteiger partial charge in [0.15, 0.2) is 0 Å². The van der Waals surface area contributed by atoms with E-state index in [1.807, 2.05) is 11.6 Å². The summed E-state index contributed by atoms with van der Waals surface area (Å²) < 4.78 is 3.12. The highest BCUT2D eigenvalue weighted by Gasteiger charge is 2.09. The summed E-state index contributed by atoms with van der Waals surface area (Å²) in [6.07, 6.45) is 1.80. The van der Waals surface area contributed by atoms with E-state index in [-0.39, 0.29) is 0 Å². The molecule has 0 atom stereocenters. The standard InChI is InChI=1S/C8H14BrN3/c1-3-6-8(9)12(2)7(11-6)4-5-10/h3-5,10H2,1-2H3. The fraction of sp³-hybridized carbons (Fsp3) is 0.625. The van der Waals surface area contributed by atoms with E-state index in [4.69, 9.17) is 5.73 Å². The molecule has 0 aliphatic heterocycles. The molecule has 68 valence electrons. The summed E-state index contributed by atoms with van der Waals surface area (Å²) in [5, 5.41) is 0. The molecule has 12 heavy (non-hydrogen) atoms. The van der Waals surface area contributed by atoms with Crippen molar-refractivity contribution in [2.45, 2.75) is 19.8 Å². The Hall–Kier alpha value is -0.350. The second kappa shape index (κ2) is 4.05. The number of imidazole rings is 1. The molecule has 1 rings (SSSR count). The first-order valence-corrected chi connectivity index (χ1v) is 4.90. The lowest BCUT2D eigenvalue weighted by Gasteiger charge is -1.98. The van der Waals surface area contributed by atoms with Crippen LogP contribution in [0.2, 0.25) is 0 Å². The zero-order valence-electron chi connectivity index (χ0n) is 7.47. The molecule has 0 bridgehead atoms. The maximum Gasteiger partial charge on any atom is 0.110 e. The molecule has 2 N–H and O–H groups in total. The molecule has 0 saturated carbocycles. The summed E-state index contributed by atoms with van der Waals surface area (Å²) in [4.78, 5) is 4.45. The number of aromatic nitrogens is 2. The molecule has 0 radical (unpaired) electrons. The van der Waals surface area contributed by atoms with E-state index in [2.05, 4.69) is 27.8 Å². The number of rotatable bonds is 3. The minimum Gasteiger partial charge on any atom is -0.330 e. The van der Waals surface area contributed by atoms with Gasteiger partial charge in [-0.2, -0.15) is 0 Å². The van der Waals surface area contributed by atoms with Crippen LogP contribution in [-0.2, 0) is 19.9 Å². The molecular formula is C8H14BrN3. The number of nitrogens with two attached hydrogens (primary N) is 1. The normalized spacial score (nSPS) is 10.7. The van der Waals surface area contributed by atoms with Crippen molar-refractivity contribution in [3.63, 3.8) is 0 Å². The molecule has 0 aromatic carbocycles. The SMILES string of the molecule is CCc1nc(CCN)n(C)c1Br. The molecule has 0 amide bonds. The summed E-state index contributed by atoms with van der Waals surface area (Å²) in [5.41, 5.74) is 6.57. The fourth-order valence-corrected chi connectivity index (χ4v) is 1.74. The lowest BCUT2D eigenvalue weighted by molar-refractivity contribution is 0.767. The highest BCUT2D eigenvalue weighted by atomic mass is 79.9. The summed E-state index contributed by atoms with van der Waals surface area (Å²) in [7, 11) is 2.00. The van der Waals surface area contributed by atoms with Gasteiger partial charge in [0.25, 0.3) is 0 Å². The van der Waals surface area contributed by atoms with Crippen LogP contribution in [0.15, 0.2) is 4.60 Å². The molecule has 0 aliphatic carbocycles. The molecule has 4 heteroatoms. The number of aryl methyl sites for hydroxylation is 1. The van der Waals surface area contributed by atoms with Gasteiger partial charge in [0.1, 0.15) is 10.4 Å². The second-order valence-electron chi connectivity index (χ2n) is 2.72. The van der Waals surface area contributed by atoms with Crippen LogP contribution in [0.3, 0.4) is 0 Å². The maximum absolute atomic E-state index is 5.46. The first kappa shape index (κ1) is 9.74. The van der Waals surface area contributed by atoms with Crippen LogP contribution in [0.1, 0.15) is 18.4 Å². The van der Waals surface area contributed by atoms with Crippen molar-refractivity contribution in [3.8, 4) is 0 Å². The summed E-state index contributed by atoms with van der Waals surface area (Å²) in [6.45, 7) is 2.75. The van der Waals surface area contributed by atoms with Crippen molar-refractivity contribution < 1.29 is 0 Å². The Morgan fingerprint density at radius 3 is 2.67 bits per heavy atom. The molecule has 1 heterocycles. The van der Waals surface area contributed by atoms with E-state index >= 15 is 0 Å².